The number of nitrogens with one attached hydrogen (secondary N) is 1. The molecule has 2 rings (SSSR count). The summed E-state index contributed by atoms with van der Waals surface area (Å²) in [7, 11) is 1.94. The second-order valence-electron chi connectivity index (χ2n) is 4.99. The molecule has 0 aromatic heterocycles. The minimum Gasteiger partial charge on any atom is -0.341 e. The lowest BCUT2D eigenvalue weighted by Gasteiger charge is -2.31. The summed E-state index contributed by atoms with van der Waals surface area (Å²) in [5.74, 6) is 0.257. The number of hydrogen-bond donors (Lipinski definition) is 1. The molecular formula is C15H22N2O. The topological polar surface area (TPSA) is 32.3 Å². The third kappa shape index (κ3) is 3.57. The van der Waals surface area contributed by atoms with Gasteiger partial charge in [-0.25, -0.2) is 0 Å². The Morgan fingerprint density at radius 3 is 2.83 bits per heavy atom. The third-order valence-electron chi connectivity index (χ3n) is 3.68. The fourth-order valence-electron chi connectivity index (χ4n) is 2.44. The number of nitrogens with zero attached hydrogens (tertiary/aromatic N) is 1. The van der Waals surface area contributed by atoms with Gasteiger partial charge in [-0.3, -0.25) is 4.79 Å². The van der Waals surface area contributed by atoms with Crippen molar-refractivity contribution in [3.63, 3.8) is 0 Å². The summed E-state index contributed by atoms with van der Waals surface area (Å²) in [4.78, 5) is 14.0. The van der Waals surface area contributed by atoms with E-state index < -0.39 is 0 Å². The molecule has 1 fully saturated rings. The lowest BCUT2D eigenvalue weighted by Crippen LogP contribution is -2.46. The van der Waals surface area contributed by atoms with Crippen LogP contribution in [0.15, 0.2) is 30.3 Å². The van der Waals surface area contributed by atoms with Crippen molar-refractivity contribution in [2.24, 2.45) is 0 Å². The van der Waals surface area contributed by atoms with Gasteiger partial charge in [0.05, 0.1) is 0 Å². The van der Waals surface area contributed by atoms with E-state index in [1.165, 1.54) is 12.0 Å². The fraction of sp³-hybridized carbons (Fsp3) is 0.533. The van der Waals surface area contributed by atoms with Crippen LogP contribution in [-0.4, -0.2) is 37.0 Å². The number of hydrogen-bond acceptors (Lipinski definition) is 2. The SMILES string of the molecule is CN(C(=O)CCc1ccccc1)C1CCCNC1. The zero-order chi connectivity index (χ0) is 12.8. The van der Waals surface area contributed by atoms with E-state index in [0.717, 1.165) is 25.9 Å². The van der Waals surface area contributed by atoms with Gasteiger partial charge in [0.1, 0.15) is 0 Å². The Morgan fingerprint density at radius 1 is 1.39 bits per heavy atom. The van der Waals surface area contributed by atoms with Gasteiger partial charge in [0, 0.05) is 26.1 Å². The van der Waals surface area contributed by atoms with E-state index in [4.69, 9.17) is 0 Å². The standard InChI is InChI=1S/C15H22N2O/c1-17(14-8-5-11-16-12-14)15(18)10-9-13-6-3-2-4-7-13/h2-4,6-7,14,16H,5,8-12H2,1H3. The summed E-state index contributed by atoms with van der Waals surface area (Å²) >= 11 is 0. The van der Waals surface area contributed by atoms with Gasteiger partial charge in [0.15, 0.2) is 0 Å². The highest BCUT2D eigenvalue weighted by Crippen LogP contribution is 2.11. The van der Waals surface area contributed by atoms with E-state index >= 15 is 0 Å². The van der Waals surface area contributed by atoms with Crippen LogP contribution in [0.2, 0.25) is 0 Å². The summed E-state index contributed by atoms with van der Waals surface area (Å²) in [6.45, 7) is 2.02. The third-order valence-corrected chi connectivity index (χ3v) is 3.68. The first kappa shape index (κ1) is 13.1. The highest BCUT2D eigenvalue weighted by atomic mass is 16.2. The second-order valence-corrected chi connectivity index (χ2v) is 4.99. The zero-order valence-electron chi connectivity index (χ0n) is 11.1. The lowest BCUT2D eigenvalue weighted by molar-refractivity contribution is -0.132. The number of carbonyl (C=O) groups excluding carboxylic acids is 1. The Morgan fingerprint density at radius 2 is 2.17 bits per heavy atom. The van der Waals surface area contributed by atoms with Crippen molar-refractivity contribution < 1.29 is 4.79 Å². The molecule has 0 spiro atoms. The van der Waals surface area contributed by atoms with Crippen molar-refractivity contribution in [1.82, 2.24) is 10.2 Å². The molecule has 0 saturated carbocycles. The lowest BCUT2D eigenvalue weighted by atomic mass is 10.0. The summed E-state index contributed by atoms with van der Waals surface area (Å²) in [6.07, 6.45) is 3.74. The molecule has 1 atom stereocenters. The number of piperidine rings is 1. The normalized spacial score (nSPS) is 19.5. The molecule has 1 heterocycles. The molecule has 1 aromatic carbocycles. The van der Waals surface area contributed by atoms with Crippen LogP contribution in [0, 0.1) is 0 Å². The van der Waals surface area contributed by atoms with E-state index in [9.17, 15) is 4.79 Å². The van der Waals surface area contributed by atoms with Crippen LogP contribution in [0.3, 0.4) is 0 Å². The first-order chi connectivity index (χ1) is 8.77. The first-order valence-electron chi connectivity index (χ1n) is 6.77. The quantitative estimate of drug-likeness (QED) is 0.879. The Balaban J connectivity index is 1.80. The van der Waals surface area contributed by atoms with Crippen LogP contribution in [0.1, 0.15) is 24.8 Å². The van der Waals surface area contributed by atoms with Crippen LogP contribution < -0.4 is 5.32 Å². The van der Waals surface area contributed by atoms with Crippen LogP contribution in [0.25, 0.3) is 0 Å². The zero-order valence-corrected chi connectivity index (χ0v) is 11.1. The highest BCUT2D eigenvalue weighted by molar-refractivity contribution is 5.76. The van der Waals surface area contributed by atoms with Gasteiger partial charge in [-0.15, -0.1) is 0 Å². The predicted molar refractivity (Wildman–Crippen MR) is 73.4 cm³/mol. The Hall–Kier alpha value is -1.35. The van der Waals surface area contributed by atoms with E-state index in [0.29, 0.717) is 12.5 Å². The van der Waals surface area contributed by atoms with Crippen LogP contribution in [0.4, 0.5) is 0 Å². The summed E-state index contributed by atoms with van der Waals surface area (Å²) in [6, 6.07) is 10.6. The maximum Gasteiger partial charge on any atom is 0.222 e. The predicted octanol–water partition coefficient (Wildman–Crippen LogP) is 1.83. The number of amides is 1. The number of carbonyl (C=O) groups is 1. The number of benzene rings is 1. The van der Waals surface area contributed by atoms with Gasteiger partial charge in [0.2, 0.25) is 5.91 Å². The molecule has 3 heteroatoms. The first-order valence-corrected chi connectivity index (χ1v) is 6.77. The fourth-order valence-corrected chi connectivity index (χ4v) is 2.44. The molecule has 1 amide bonds. The highest BCUT2D eigenvalue weighted by Gasteiger charge is 2.21. The molecule has 1 aliphatic rings. The molecule has 1 N–H and O–H groups in total. The van der Waals surface area contributed by atoms with Gasteiger partial charge in [0.25, 0.3) is 0 Å². The second kappa shape index (κ2) is 6.55. The minimum absolute atomic E-state index is 0.257. The summed E-state index contributed by atoms with van der Waals surface area (Å²) in [5.41, 5.74) is 1.24. The van der Waals surface area contributed by atoms with Crippen molar-refractivity contribution in [2.45, 2.75) is 31.7 Å². The van der Waals surface area contributed by atoms with Crippen molar-refractivity contribution in [3.8, 4) is 0 Å². The molecular weight excluding hydrogens is 224 g/mol. The number of rotatable bonds is 4. The molecule has 3 nitrogen and oxygen atoms in total. The van der Waals surface area contributed by atoms with Crippen LogP contribution >= 0.6 is 0 Å². The Bertz CT molecular complexity index is 371. The Labute approximate surface area is 109 Å². The minimum atomic E-state index is 0.257. The number of likely N-dealkylation sites (N-methyl/N-ethyl adjacent to an activating group) is 1. The van der Waals surface area contributed by atoms with E-state index in [1.807, 2.05) is 30.1 Å². The monoisotopic (exact) mass is 246 g/mol. The summed E-state index contributed by atoms with van der Waals surface area (Å²) in [5, 5.41) is 3.35. The molecule has 98 valence electrons. The van der Waals surface area contributed by atoms with E-state index in [-0.39, 0.29) is 5.91 Å². The van der Waals surface area contributed by atoms with E-state index in [2.05, 4.69) is 17.4 Å². The smallest absolute Gasteiger partial charge is 0.222 e. The largest absolute Gasteiger partial charge is 0.341 e. The van der Waals surface area contributed by atoms with Crippen LogP contribution in [-0.2, 0) is 11.2 Å². The molecule has 1 unspecified atom stereocenters. The van der Waals surface area contributed by atoms with Gasteiger partial charge in [-0.1, -0.05) is 30.3 Å². The molecule has 0 bridgehead atoms. The molecule has 1 saturated heterocycles. The van der Waals surface area contributed by atoms with Gasteiger partial charge >= 0.3 is 0 Å². The Kier molecular flexibility index (Phi) is 4.76. The number of aryl methyl sites for hydroxylation is 1. The van der Waals surface area contributed by atoms with Crippen molar-refractivity contribution >= 4 is 5.91 Å². The maximum atomic E-state index is 12.1. The maximum absolute atomic E-state index is 12.1. The molecule has 0 radical (unpaired) electrons. The molecule has 18 heavy (non-hydrogen) atoms. The average molecular weight is 246 g/mol. The molecule has 1 aromatic rings. The molecule has 1 aliphatic heterocycles. The van der Waals surface area contributed by atoms with E-state index in [1.54, 1.807) is 0 Å². The average Bonchev–Trinajstić information content (AvgIpc) is 2.46. The van der Waals surface area contributed by atoms with Crippen molar-refractivity contribution in [1.29, 1.82) is 0 Å². The molecule has 0 aliphatic carbocycles. The van der Waals surface area contributed by atoms with Crippen molar-refractivity contribution in [2.75, 3.05) is 20.1 Å². The van der Waals surface area contributed by atoms with Gasteiger partial charge in [-0.2, -0.15) is 0 Å². The summed E-state index contributed by atoms with van der Waals surface area (Å²) < 4.78 is 0. The van der Waals surface area contributed by atoms with Gasteiger partial charge < -0.3 is 10.2 Å². The van der Waals surface area contributed by atoms with Crippen molar-refractivity contribution in [3.05, 3.63) is 35.9 Å². The van der Waals surface area contributed by atoms with Crippen LogP contribution in [0.5, 0.6) is 0 Å². The van der Waals surface area contributed by atoms with Gasteiger partial charge in [-0.05, 0) is 31.4 Å².